The van der Waals surface area contributed by atoms with Crippen molar-refractivity contribution in [3.05, 3.63) is 319 Å². The number of benzene rings is 11. The summed E-state index contributed by atoms with van der Waals surface area (Å²) in [5.41, 5.74) is 26.5. The van der Waals surface area contributed by atoms with Gasteiger partial charge in [0.2, 0.25) is 0 Å². The van der Waals surface area contributed by atoms with Crippen LogP contribution in [0.5, 0.6) is 0 Å². The first-order chi connectivity index (χ1) is 37.2. The van der Waals surface area contributed by atoms with Gasteiger partial charge in [-0.2, -0.15) is 0 Å². The molecule has 0 aliphatic heterocycles. The van der Waals surface area contributed by atoms with Crippen LogP contribution in [0, 0.1) is 0 Å². The van der Waals surface area contributed by atoms with Crippen LogP contribution >= 0.6 is 0 Å². The zero-order valence-corrected chi connectivity index (χ0v) is 41.5. The van der Waals surface area contributed by atoms with Crippen molar-refractivity contribution in [1.82, 2.24) is 0 Å². The second-order valence-corrected chi connectivity index (χ2v) is 19.9. The van der Waals surface area contributed by atoms with Gasteiger partial charge in [0, 0.05) is 34.1 Å². The fraction of sp³-hybridized carbons (Fsp3) is 0.0411. The molecule has 0 saturated carbocycles. The summed E-state index contributed by atoms with van der Waals surface area (Å²) in [7, 11) is 0. The predicted molar refractivity (Wildman–Crippen MR) is 315 cm³/mol. The maximum absolute atomic E-state index is 2.43. The lowest BCUT2D eigenvalue weighted by Gasteiger charge is -2.31. The fourth-order valence-electron chi connectivity index (χ4n) is 12.2. The Bertz CT molecular complexity index is 3900. The van der Waals surface area contributed by atoms with Crippen molar-refractivity contribution in [2.24, 2.45) is 0 Å². The molecule has 0 amide bonds. The first kappa shape index (κ1) is 44.2. The lowest BCUT2D eigenvalue weighted by Crippen LogP contribution is -2.25. The number of hydrogen-bond donors (Lipinski definition) is 0. The Morgan fingerprint density at radius 2 is 0.573 bits per heavy atom. The molecule has 2 heteroatoms. The Hall–Kier alpha value is -9.50. The van der Waals surface area contributed by atoms with Crippen LogP contribution in [0.15, 0.2) is 291 Å². The summed E-state index contributed by atoms with van der Waals surface area (Å²) in [6.45, 7) is 0. The van der Waals surface area contributed by atoms with Crippen molar-refractivity contribution in [2.75, 3.05) is 9.80 Å². The van der Waals surface area contributed by atoms with Crippen LogP contribution in [0.1, 0.15) is 40.7 Å². The lowest BCUT2D eigenvalue weighted by atomic mass is 9.70. The first-order valence-electron chi connectivity index (χ1n) is 26.2. The van der Waals surface area contributed by atoms with E-state index in [0.717, 1.165) is 58.1 Å². The van der Waals surface area contributed by atoms with Crippen LogP contribution in [0.2, 0.25) is 0 Å². The number of anilines is 6. The lowest BCUT2D eigenvalue weighted by molar-refractivity contribution is 0.794. The average molecular weight is 957 g/mol. The van der Waals surface area contributed by atoms with E-state index >= 15 is 0 Å². The standard InChI is InChI=1S/C73H52N2/c1-4-16-51(17-5-1)54-28-38-59(39-29-54)74(60-40-30-55(31-41-60)52-18-6-2-7-19-52)61-42-34-57(35-43-61)58-36-46-63(47-37-58)75(62-44-32-56(33-45-62)53-20-8-3-9-21-53)64-48-49-72-68(50-64)67-24-12-15-27-71(67)73(72)69-25-13-10-22-65(69)66-23-11-14-26-70(66)73/h1,3-6,8-50H,2,7H2. The van der Waals surface area contributed by atoms with E-state index in [0.29, 0.717) is 0 Å². The van der Waals surface area contributed by atoms with Crippen molar-refractivity contribution in [2.45, 2.75) is 18.3 Å². The second kappa shape index (κ2) is 18.5. The van der Waals surface area contributed by atoms with Gasteiger partial charge in [-0.15, -0.1) is 0 Å². The molecule has 11 aromatic rings. The number of fused-ring (bicyclic) bond motifs is 10. The molecular weight excluding hydrogens is 905 g/mol. The Balaban J connectivity index is 0.831. The van der Waals surface area contributed by atoms with Gasteiger partial charge in [-0.25, -0.2) is 0 Å². The molecular formula is C73H52N2. The maximum Gasteiger partial charge on any atom is 0.0725 e. The van der Waals surface area contributed by atoms with Gasteiger partial charge in [0.1, 0.15) is 0 Å². The van der Waals surface area contributed by atoms with Crippen molar-refractivity contribution in [1.29, 1.82) is 0 Å². The highest BCUT2D eigenvalue weighted by Gasteiger charge is 2.51. The average Bonchev–Trinajstić information content (AvgIpc) is 4.03. The highest BCUT2D eigenvalue weighted by molar-refractivity contribution is 5.97. The van der Waals surface area contributed by atoms with Crippen molar-refractivity contribution in [3.8, 4) is 55.6 Å². The van der Waals surface area contributed by atoms with Gasteiger partial charge < -0.3 is 9.80 Å². The molecule has 354 valence electrons. The second-order valence-electron chi connectivity index (χ2n) is 19.9. The molecule has 0 atom stereocenters. The van der Waals surface area contributed by atoms with Crippen LogP contribution in [-0.4, -0.2) is 0 Å². The molecule has 0 aromatic heterocycles. The monoisotopic (exact) mass is 956 g/mol. The molecule has 3 aliphatic carbocycles. The summed E-state index contributed by atoms with van der Waals surface area (Å²) in [5.74, 6) is 0. The minimum absolute atomic E-state index is 0.393. The molecule has 0 fully saturated rings. The number of nitrogens with zero attached hydrogens (tertiary/aromatic N) is 2. The smallest absolute Gasteiger partial charge is 0.0725 e. The first-order valence-corrected chi connectivity index (χ1v) is 26.2. The van der Waals surface area contributed by atoms with E-state index in [-0.39, 0.29) is 0 Å². The molecule has 3 aliphatic rings. The summed E-state index contributed by atoms with van der Waals surface area (Å²) < 4.78 is 0. The molecule has 0 N–H and O–H groups in total. The minimum Gasteiger partial charge on any atom is -0.311 e. The van der Waals surface area contributed by atoms with Crippen molar-refractivity contribution < 1.29 is 0 Å². The van der Waals surface area contributed by atoms with Gasteiger partial charge in [0.05, 0.1) is 5.41 Å². The Labute approximate surface area is 440 Å². The highest BCUT2D eigenvalue weighted by Crippen LogP contribution is 2.63. The minimum atomic E-state index is -0.393. The van der Waals surface area contributed by atoms with Crippen LogP contribution in [0.4, 0.5) is 34.1 Å². The van der Waals surface area contributed by atoms with E-state index in [1.54, 1.807) is 0 Å². The van der Waals surface area contributed by atoms with E-state index in [1.807, 2.05) is 0 Å². The van der Waals surface area contributed by atoms with Crippen LogP contribution in [0.25, 0.3) is 61.2 Å². The summed E-state index contributed by atoms with van der Waals surface area (Å²) in [4.78, 5) is 4.78. The third kappa shape index (κ3) is 7.56. The molecule has 0 saturated heterocycles. The quantitative estimate of drug-likeness (QED) is 0.135. The summed E-state index contributed by atoms with van der Waals surface area (Å²) in [5, 5.41) is 0. The van der Waals surface area contributed by atoms with E-state index in [2.05, 4.69) is 301 Å². The molecule has 0 unspecified atom stereocenters. The topological polar surface area (TPSA) is 6.48 Å². The SMILES string of the molecule is C1=CC(c2ccc(N(c3ccc(-c4ccccc4)cc3)c3ccc(-c4ccc(N(c5ccc(-c6ccccc6)cc5)c5ccc6c(c5)-c5ccccc5C65c6ccccc6-c6ccccc65)cc4)cc3)cc2)=CCC1. The van der Waals surface area contributed by atoms with Crippen LogP contribution in [0.3, 0.4) is 0 Å². The maximum atomic E-state index is 2.43. The molecule has 0 radical (unpaired) electrons. The summed E-state index contributed by atoms with van der Waals surface area (Å²) in [6.07, 6.45) is 9.06. The van der Waals surface area contributed by atoms with Crippen molar-refractivity contribution in [3.63, 3.8) is 0 Å². The third-order valence-electron chi connectivity index (χ3n) is 15.7. The molecule has 14 rings (SSSR count). The third-order valence-corrected chi connectivity index (χ3v) is 15.7. The van der Waals surface area contributed by atoms with Gasteiger partial charge in [-0.05, 0) is 175 Å². The molecule has 2 nitrogen and oxygen atoms in total. The van der Waals surface area contributed by atoms with Gasteiger partial charge in [-0.3, -0.25) is 0 Å². The van der Waals surface area contributed by atoms with Crippen molar-refractivity contribution >= 4 is 39.7 Å². The van der Waals surface area contributed by atoms with Gasteiger partial charge in [0.15, 0.2) is 0 Å². The normalized spacial score (nSPS) is 13.4. The molecule has 0 bridgehead atoms. The molecule has 0 heterocycles. The number of hydrogen-bond acceptors (Lipinski definition) is 2. The fourth-order valence-corrected chi connectivity index (χ4v) is 12.2. The Morgan fingerprint density at radius 3 is 0.973 bits per heavy atom. The van der Waals surface area contributed by atoms with E-state index in [4.69, 9.17) is 0 Å². The predicted octanol–water partition coefficient (Wildman–Crippen LogP) is 19.7. The Morgan fingerprint density at radius 1 is 0.253 bits per heavy atom. The molecule has 11 aromatic carbocycles. The van der Waals surface area contributed by atoms with Gasteiger partial charge in [-0.1, -0.05) is 218 Å². The Kier molecular flexibility index (Phi) is 10.9. The van der Waals surface area contributed by atoms with Gasteiger partial charge >= 0.3 is 0 Å². The summed E-state index contributed by atoms with van der Waals surface area (Å²) in [6, 6.07) is 101. The van der Waals surface area contributed by atoms with Crippen LogP contribution in [-0.2, 0) is 5.41 Å². The zero-order valence-electron chi connectivity index (χ0n) is 41.5. The largest absolute Gasteiger partial charge is 0.311 e. The van der Waals surface area contributed by atoms with E-state index in [1.165, 1.54) is 77.9 Å². The zero-order chi connectivity index (χ0) is 49.7. The van der Waals surface area contributed by atoms with E-state index in [9.17, 15) is 0 Å². The highest BCUT2D eigenvalue weighted by atomic mass is 15.1. The van der Waals surface area contributed by atoms with E-state index < -0.39 is 5.41 Å². The summed E-state index contributed by atoms with van der Waals surface area (Å²) >= 11 is 0. The van der Waals surface area contributed by atoms with Crippen LogP contribution < -0.4 is 9.80 Å². The molecule has 75 heavy (non-hydrogen) atoms. The molecule has 1 spiro atoms. The number of rotatable bonds is 10. The number of allylic oxidation sites excluding steroid dienone is 4. The van der Waals surface area contributed by atoms with Gasteiger partial charge in [0.25, 0.3) is 0 Å².